The Morgan fingerprint density at radius 3 is 2.31 bits per heavy atom. The first-order chi connectivity index (χ1) is 5.82. The van der Waals surface area contributed by atoms with Crippen molar-refractivity contribution in [1.82, 2.24) is 0 Å². The molecule has 0 atom stereocenters. The van der Waals surface area contributed by atoms with Gasteiger partial charge in [-0.1, -0.05) is 11.6 Å². The Morgan fingerprint density at radius 1 is 1.38 bits per heavy atom. The van der Waals surface area contributed by atoms with E-state index in [0.29, 0.717) is 0 Å². The van der Waals surface area contributed by atoms with Crippen LogP contribution in [0, 0.1) is 12.7 Å². The first-order valence-corrected chi connectivity index (χ1v) is 5.91. The standard InChI is InChI=1S/C7H5Cl2FO2S/c1-4-2-5(10)3-6(8)7(4)13(9,11)12/h2-3H,1H3. The SMILES string of the molecule is Cc1cc(F)cc(Cl)c1S(=O)(=O)Cl. The quantitative estimate of drug-likeness (QED) is 0.710. The third-order valence-electron chi connectivity index (χ3n) is 1.44. The van der Waals surface area contributed by atoms with Gasteiger partial charge in [-0.2, -0.15) is 0 Å². The van der Waals surface area contributed by atoms with Crippen molar-refractivity contribution >= 4 is 31.3 Å². The predicted molar refractivity (Wildman–Crippen MR) is 49.2 cm³/mol. The smallest absolute Gasteiger partial charge is 0.207 e. The molecule has 0 bridgehead atoms. The first kappa shape index (κ1) is 10.8. The molecule has 72 valence electrons. The molecule has 0 saturated heterocycles. The molecule has 6 heteroatoms. The summed E-state index contributed by atoms with van der Waals surface area (Å²) in [6.45, 7) is 1.42. The summed E-state index contributed by atoms with van der Waals surface area (Å²) in [5.41, 5.74) is 0.194. The zero-order chi connectivity index (χ0) is 10.2. The molecule has 0 saturated carbocycles. The highest BCUT2D eigenvalue weighted by Gasteiger charge is 2.18. The van der Waals surface area contributed by atoms with E-state index in [1.807, 2.05) is 0 Å². The highest BCUT2D eigenvalue weighted by atomic mass is 35.7. The van der Waals surface area contributed by atoms with E-state index in [9.17, 15) is 12.8 Å². The van der Waals surface area contributed by atoms with Crippen molar-refractivity contribution in [3.8, 4) is 0 Å². The number of hydrogen-bond acceptors (Lipinski definition) is 2. The highest BCUT2D eigenvalue weighted by molar-refractivity contribution is 8.13. The van der Waals surface area contributed by atoms with Gasteiger partial charge in [-0.05, 0) is 24.6 Å². The van der Waals surface area contributed by atoms with Gasteiger partial charge in [0.15, 0.2) is 0 Å². The van der Waals surface area contributed by atoms with E-state index in [2.05, 4.69) is 0 Å². The molecule has 0 unspecified atom stereocenters. The van der Waals surface area contributed by atoms with Crippen LogP contribution < -0.4 is 0 Å². The normalized spacial score (nSPS) is 11.7. The van der Waals surface area contributed by atoms with Gasteiger partial charge in [0.2, 0.25) is 0 Å². The van der Waals surface area contributed by atoms with Crippen molar-refractivity contribution in [1.29, 1.82) is 0 Å². The van der Waals surface area contributed by atoms with Crippen LogP contribution in [0.5, 0.6) is 0 Å². The molecular formula is C7H5Cl2FO2S. The van der Waals surface area contributed by atoms with Crippen LogP contribution in [0.1, 0.15) is 5.56 Å². The van der Waals surface area contributed by atoms with Crippen LogP contribution >= 0.6 is 22.3 Å². The van der Waals surface area contributed by atoms with E-state index in [1.54, 1.807) is 0 Å². The Kier molecular flexibility index (Phi) is 2.85. The minimum atomic E-state index is -3.91. The summed E-state index contributed by atoms with van der Waals surface area (Å²) in [6.07, 6.45) is 0. The van der Waals surface area contributed by atoms with Crippen LogP contribution in [0.15, 0.2) is 17.0 Å². The van der Waals surface area contributed by atoms with Crippen LogP contribution in [-0.4, -0.2) is 8.42 Å². The van der Waals surface area contributed by atoms with Crippen LogP contribution in [0.3, 0.4) is 0 Å². The molecule has 0 spiro atoms. The topological polar surface area (TPSA) is 34.1 Å². The second kappa shape index (κ2) is 3.44. The Bertz CT molecular complexity index is 419. The van der Waals surface area contributed by atoms with Gasteiger partial charge in [0.1, 0.15) is 10.7 Å². The number of aryl methyl sites for hydroxylation is 1. The summed E-state index contributed by atoms with van der Waals surface area (Å²) in [5.74, 6) is -0.591. The van der Waals surface area contributed by atoms with Gasteiger partial charge >= 0.3 is 0 Å². The van der Waals surface area contributed by atoms with Crippen molar-refractivity contribution in [2.24, 2.45) is 0 Å². The number of benzene rings is 1. The Morgan fingerprint density at radius 2 is 1.92 bits per heavy atom. The Labute approximate surface area is 84.7 Å². The number of hydrogen-bond donors (Lipinski definition) is 0. The van der Waals surface area contributed by atoms with E-state index in [4.69, 9.17) is 22.3 Å². The third-order valence-corrected chi connectivity index (χ3v) is 3.34. The maximum absolute atomic E-state index is 12.7. The molecule has 1 rings (SSSR count). The van der Waals surface area contributed by atoms with E-state index in [-0.39, 0.29) is 15.5 Å². The molecule has 0 aliphatic carbocycles. The summed E-state index contributed by atoms with van der Waals surface area (Å²) in [4.78, 5) is -0.239. The molecular weight excluding hydrogens is 238 g/mol. The van der Waals surface area contributed by atoms with Crippen LogP contribution in [0.2, 0.25) is 5.02 Å². The van der Waals surface area contributed by atoms with E-state index in [1.165, 1.54) is 6.92 Å². The van der Waals surface area contributed by atoms with Gasteiger partial charge < -0.3 is 0 Å². The molecule has 0 radical (unpaired) electrons. The second-order valence-corrected chi connectivity index (χ2v) is 5.38. The molecule has 0 aromatic heterocycles. The van der Waals surface area contributed by atoms with Gasteiger partial charge in [-0.25, -0.2) is 12.8 Å². The zero-order valence-corrected chi connectivity index (χ0v) is 8.84. The lowest BCUT2D eigenvalue weighted by Crippen LogP contribution is -1.96. The molecule has 1 aromatic rings. The molecule has 0 aliphatic rings. The van der Waals surface area contributed by atoms with Crippen molar-refractivity contribution in [2.75, 3.05) is 0 Å². The van der Waals surface area contributed by atoms with Crippen molar-refractivity contribution in [2.45, 2.75) is 11.8 Å². The van der Waals surface area contributed by atoms with E-state index in [0.717, 1.165) is 12.1 Å². The fraction of sp³-hybridized carbons (Fsp3) is 0.143. The Balaban J connectivity index is 3.57. The molecule has 1 aromatic carbocycles. The summed E-state index contributed by atoms with van der Waals surface area (Å²) < 4.78 is 34.6. The average molecular weight is 243 g/mol. The summed E-state index contributed by atoms with van der Waals surface area (Å²) in [6, 6.07) is 1.96. The predicted octanol–water partition coefficient (Wildman–Crippen LogP) is 2.72. The molecule has 0 aliphatic heterocycles. The lowest BCUT2D eigenvalue weighted by atomic mass is 10.2. The molecule has 2 nitrogen and oxygen atoms in total. The van der Waals surface area contributed by atoms with Gasteiger partial charge in [-0.3, -0.25) is 0 Å². The fourth-order valence-corrected chi connectivity index (χ4v) is 3.02. The minimum absolute atomic E-state index is 0.194. The van der Waals surface area contributed by atoms with Gasteiger partial charge in [0.25, 0.3) is 9.05 Å². The molecule has 0 amide bonds. The van der Waals surface area contributed by atoms with Gasteiger partial charge in [0.05, 0.1) is 5.02 Å². The van der Waals surface area contributed by atoms with Crippen molar-refractivity contribution < 1.29 is 12.8 Å². The summed E-state index contributed by atoms with van der Waals surface area (Å²) in [7, 11) is 1.18. The molecule has 13 heavy (non-hydrogen) atoms. The van der Waals surface area contributed by atoms with Gasteiger partial charge in [-0.15, -0.1) is 0 Å². The van der Waals surface area contributed by atoms with Gasteiger partial charge in [0, 0.05) is 10.7 Å². The first-order valence-electron chi connectivity index (χ1n) is 3.22. The molecule has 0 heterocycles. The van der Waals surface area contributed by atoms with Crippen LogP contribution in [-0.2, 0) is 9.05 Å². The highest BCUT2D eigenvalue weighted by Crippen LogP contribution is 2.28. The lowest BCUT2D eigenvalue weighted by Gasteiger charge is -2.03. The molecule has 0 fully saturated rings. The van der Waals surface area contributed by atoms with Crippen molar-refractivity contribution in [3.05, 3.63) is 28.5 Å². The Hall–Kier alpha value is -0.320. The second-order valence-electron chi connectivity index (χ2n) is 2.47. The van der Waals surface area contributed by atoms with Crippen molar-refractivity contribution in [3.63, 3.8) is 0 Å². The molecule has 0 N–H and O–H groups in total. The third kappa shape index (κ3) is 2.33. The largest absolute Gasteiger partial charge is 0.263 e. The maximum atomic E-state index is 12.7. The summed E-state index contributed by atoms with van der Waals surface area (Å²) in [5, 5.41) is -0.201. The maximum Gasteiger partial charge on any atom is 0.263 e. The van der Waals surface area contributed by atoms with Crippen LogP contribution in [0.25, 0.3) is 0 Å². The average Bonchev–Trinajstić information content (AvgIpc) is 1.78. The van der Waals surface area contributed by atoms with E-state index >= 15 is 0 Å². The van der Waals surface area contributed by atoms with Crippen LogP contribution in [0.4, 0.5) is 4.39 Å². The van der Waals surface area contributed by atoms with E-state index < -0.39 is 14.9 Å². The lowest BCUT2D eigenvalue weighted by molar-refractivity contribution is 0.606. The fourth-order valence-electron chi connectivity index (χ4n) is 0.998. The monoisotopic (exact) mass is 242 g/mol. The number of halogens is 3. The summed E-state index contributed by atoms with van der Waals surface area (Å²) >= 11 is 5.52. The number of rotatable bonds is 1. The zero-order valence-electron chi connectivity index (χ0n) is 6.51. The minimum Gasteiger partial charge on any atom is -0.207 e.